The highest BCUT2D eigenvalue weighted by molar-refractivity contribution is 5.68. The quantitative estimate of drug-likeness (QED) is 0.616. The Morgan fingerprint density at radius 2 is 1.70 bits per heavy atom. The predicted octanol–water partition coefficient (Wildman–Crippen LogP) is 0.924. The molecule has 0 spiro atoms. The lowest BCUT2D eigenvalue weighted by molar-refractivity contribution is -0.133. The lowest BCUT2D eigenvalue weighted by Crippen LogP contribution is -2.44. The van der Waals surface area contributed by atoms with Gasteiger partial charge in [0.05, 0.1) is 6.04 Å². The van der Waals surface area contributed by atoms with Crippen molar-refractivity contribution in [1.29, 1.82) is 0 Å². The lowest BCUT2D eigenvalue weighted by Gasteiger charge is -2.27. The molecule has 1 amide bonds. The summed E-state index contributed by atoms with van der Waals surface area (Å²) in [6, 6.07) is 7.55. The fraction of sp³-hybridized carbons (Fsp3) is 0.500. The fourth-order valence-electron chi connectivity index (χ4n) is 1.63. The van der Waals surface area contributed by atoms with Crippen LogP contribution in [0.25, 0.3) is 0 Å². The number of hydrogen-bond acceptors (Lipinski definition) is 5. The first-order valence-electron chi connectivity index (χ1n) is 6.29. The number of hydrogen-bond donors (Lipinski definition) is 4. The first kappa shape index (κ1) is 16.4. The van der Waals surface area contributed by atoms with E-state index in [-0.39, 0.29) is 0 Å². The number of nitrogens with one attached hydrogen (secondary N) is 1. The normalized spacial score (nSPS) is 14.8. The third-order valence-corrected chi connectivity index (χ3v) is 2.48. The first-order chi connectivity index (χ1) is 9.20. The molecule has 6 heteroatoms. The number of alkyl carbamates (subject to hydrolysis) is 1. The highest BCUT2D eigenvalue weighted by Gasteiger charge is 2.29. The molecular weight excluding hydrogens is 262 g/mol. The molecule has 0 aromatic heterocycles. The Morgan fingerprint density at radius 1 is 1.15 bits per heavy atom. The van der Waals surface area contributed by atoms with Gasteiger partial charge in [0, 0.05) is 0 Å². The molecule has 0 aliphatic carbocycles. The van der Waals surface area contributed by atoms with Crippen LogP contribution in [0.4, 0.5) is 4.79 Å². The summed E-state index contributed by atoms with van der Waals surface area (Å²) in [6.07, 6.45) is -4.29. The molecule has 0 fully saturated rings. The van der Waals surface area contributed by atoms with Gasteiger partial charge in [-0.2, -0.15) is 0 Å². The topological polar surface area (TPSA) is 99.0 Å². The molecule has 0 bridgehead atoms. The Labute approximate surface area is 118 Å². The largest absolute Gasteiger partial charge is 0.444 e. The van der Waals surface area contributed by atoms with Crippen LogP contribution in [0.3, 0.4) is 0 Å². The molecule has 0 unspecified atom stereocenters. The highest BCUT2D eigenvalue weighted by atomic mass is 16.6. The fourth-order valence-corrected chi connectivity index (χ4v) is 1.63. The first-order valence-corrected chi connectivity index (χ1v) is 6.29. The summed E-state index contributed by atoms with van der Waals surface area (Å²) in [6.45, 7) is 5.13. The molecule has 112 valence electrons. The van der Waals surface area contributed by atoms with Crippen LogP contribution in [0.5, 0.6) is 0 Å². The van der Waals surface area contributed by atoms with Gasteiger partial charge in [0.15, 0.2) is 6.29 Å². The second-order valence-corrected chi connectivity index (χ2v) is 5.44. The Kier molecular flexibility index (Phi) is 5.50. The van der Waals surface area contributed by atoms with Gasteiger partial charge in [-0.25, -0.2) is 4.79 Å². The van der Waals surface area contributed by atoms with Gasteiger partial charge < -0.3 is 25.4 Å². The van der Waals surface area contributed by atoms with Crippen LogP contribution < -0.4 is 5.32 Å². The molecule has 1 aromatic carbocycles. The van der Waals surface area contributed by atoms with Crippen molar-refractivity contribution in [1.82, 2.24) is 5.32 Å². The molecule has 1 rings (SSSR count). The molecule has 0 radical (unpaired) electrons. The van der Waals surface area contributed by atoms with Crippen LogP contribution in [-0.4, -0.2) is 39.4 Å². The number of carbonyl (C=O) groups is 1. The molecule has 4 N–H and O–H groups in total. The number of rotatable bonds is 4. The van der Waals surface area contributed by atoms with E-state index >= 15 is 0 Å². The van der Waals surface area contributed by atoms with E-state index in [1.54, 1.807) is 51.1 Å². The van der Waals surface area contributed by atoms with Crippen molar-refractivity contribution in [3.05, 3.63) is 35.9 Å². The summed E-state index contributed by atoms with van der Waals surface area (Å²) in [5.41, 5.74) is -0.146. The Balaban J connectivity index is 2.87. The van der Waals surface area contributed by atoms with Crippen molar-refractivity contribution in [2.75, 3.05) is 0 Å². The SMILES string of the molecule is CC(C)(C)OC(=O)N[C@@H](c1ccccc1)[C@@H](O)C(O)O. The zero-order valence-corrected chi connectivity index (χ0v) is 11.8. The van der Waals surface area contributed by atoms with Crippen molar-refractivity contribution < 1.29 is 24.9 Å². The summed E-state index contributed by atoms with van der Waals surface area (Å²) in [5.74, 6) is 0. The smallest absolute Gasteiger partial charge is 0.408 e. The summed E-state index contributed by atoms with van der Waals surface area (Å²) in [7, 11) is 0. The van der Waals surface area contributed by atoms with E-state index in [1.165, 1.54) is 0 Å². The van der Waals surface area contributed by atoms with E-state index in [2.05, 4.69) is 5.32 Å². The van der Waals surface area contributed by atoms with E-state index in [0.717, 1.165) is 0 Å². The highest BCUT2D eigenvalue weighted by Crippen LogP contribution is 2.19. The zero-order chi connectivity index (χ0) is 15.3. The Morgan fingerprint density at radius 3 is 2.15 bits per heavy atom. The van der Waals surface area contributed by atoms with Crippen LogP contribution in [-0.2, 0) is 4.74 Å². The van der Waals surface area contributed by atoms with Crippen molar-refractivity contribution in [3.8, 4) is 0 Å². The average Bonchev–Trinajstić information content (AvgIpc) is 2.34. The standard InChI is InChI=1S/C14H21NO5/c1-14(2,3)20-13(19)15-10(11(16)12(17)18)9-7-5-4-6-8-9/h4-8,10-12,16-18H,1-3H3,(H,15,19)/t10-,11+/m0/s1. The minimum absolute atomic E-state index is 0.541. The summed E-state index contributed by atoms with van der Waals surface area (Å²) >= 11 is 0. The van der Waals surface area contributed by atoms with Crippen LogP contribution >= 0.6 is 0 Å². The van der Waals surface area contributed by atoms with Crippen molar-refractivity contribution in [3.63, 3.8) is 0 Å². The van der Waals surface area contributed by atoms with E-state index < -0.39 is 30.1 Å². The van der Waals surface area contributed by atoms with E-state index in [4.69, 9.17) is 14.9 Å². The Hall–Kier alpha value is -1.63. The molecular formula is C14H21NO5. The van der Waals surface area contributed by atoms with Gasteiger partial charge in [0.2, 0.25) is 0 Å². The monoisotopic (exact) mass is 283 g/mol. The molecule has 0 heterocycles. The molecule has 6 nitrogen and oxygen atoms in total. The third kappa shape index (κ3) is 5.16. The lowest BCUT2D eigenvalue weighted by atomic mass is 10.0. The zero-order valence-electron chi connectivity index (χ0n) is 11.8. The molecule has 0 aliphatic rings. The maximum Gasteiger partial charge on any atom is 0.408 e. The molecule has 0 saturated carbocycles. The maximum absolute atomic E-state index is 11.8. The molecule has 1 aromatic rings. The van der Waals surface area contributed by atoms with Gasteiger partial charge in [-0.05, 0) is 26.3 Å². The van der Waals surface area contributed by atoms with Crippen molar-refractivity contribution in [2.45, 2.75) is 44.8 Å². The van der Waals surface area contributed by atoms with E-state index in [1.807, 2.05) is 0 Å². The summed E-state index contributed by atoms with van der Waals surface area (Å²) in [4.78, 5) is 11.8. The maximum atomic E-state index is 11.8. The van der Waals surface area contributed by atoms with Gasteiger partial charge in [-0.3, -0.25) is 0 Å². The van der Waals surface area contributed by atoms with E-state index in [0.29, 0.717) is 5.56 Å². The number of benzene rings is 1. The average molecular weight is 283 g/mol. The number of carbonyl (C=O) groups excluding carboxylic acids is 1. The molecule has 20 heavy (non-hydrogen) atoms. The van der Waals surface area contributed by atoms with Crippen LogP contribution in [0.2, 0.25) is 0 Å². The number of amides is 1. The Bertz CT molecular complexity index is 427. The second-order valence-electron chi connectivity index (χ2n) is 5.44. The van der Waals surface area contributed by atoms with Crippen LogP contribution in [0.1, 0.15) is 32.4 Å². The predicted molar refractivity (Wildman–Crippen MR) is 72.8 cm³/mol. The molecule has 0 saturated heterocycles. The van der Waals surface area contributed by atoms with Gasteiger partial charge in [0.25, 0.3) is 0 Å². The van der Waals surface area contributed by atoms with Gasteiger partial charge in [0.1, 0.15) is 11.7 Å². The second kappa shape index (κ2) is 6.69. The summed E-state index contributed by atoms with van der Waals surface area (Å²) in [5, 5.41) is 30.5. The molecule has 2 atom stereocenters. The minimum Gasteiger partial charge on any atom is -0.444 e. The van der Waals surface area contributed by atoms with Gasteiger partial charge >= 0.3 is 6.09 Å². The number of ether oxygens (including phenoxy) is 1. The van der Waals surface area contributed by atoms with Crippen molar-refractivity contribution >= 4 is 6.09 Å². The number of aliphatic hydroxyl groups is 3. The summed E-state index contributed by atoms with van der Waals surface area (Å²) < 4.78 is 5.10. The van der Waals surface area contributed by atoms with Gasteiger partial charge in [-0.1, -0.05) is 30.3 Å². The van der Waals surface area contributed by atoms with Crippen LogP contribution in [0, 0.1) is 0 Å². The third-order valence-electron chi connectivity index (χ3n) is 2.48. The minimum atomic E-state index is -1.98. The number of aliphatic hydroxyl groups excluding tert-OH is 2. The van der Waals surface area contributed by atoms with Crippen LogP contribution in [0.15, 0.2) is 30.3 Å². The molecule has 0 aliphatic heterocycles. The van der Waals surface area contributed by atoms with Crippen molar-refractivity contribution in [2.24, 2.45) is 0 Å². The van der Waals surface area contributed by atoms with E-state index in [9.17, 15) is 9.90 Å². The van der Waals surface area contributed by atoms with Gasteiger partial charge in [-0.15, -0.1) is 0 Å².